The third kappa shape index (κ3) is 5.55. The normalized spacial score (nSPS) is 28.9. The molecule has 0 radical (unpaired) electrons. The van der Waals surface area contributed by atoms with Crippen molar-refractivity contribution >= 4 is 17.6 Å². The molecular formula is C21H32N4O6. The van der Waals surface area contributed by atoms with Crippen LogP contribution < -0.4 is 10.6 Å². The maximum absolute atomic E-state index is 13.1. The number of anilines is 1. The van der Waals surface area contributed by atoms with E-state index in [1.807, 2.05) is 0 Å². The van der Waals surface area contributed by atoms with Crippen molar-refractivity contribution in [3.63, 3.8) is 0 Å². The predicted molar refractivity (Wildman–Crippen MR) is 111 cm³/mol. The zero-order chi connectivity index (χ0) is 22.0. The van der Waals surface area contributed by atoms with Crippen LogP contribution in [-0.4, -0.2) is 77.8 Å². The lowest BCUT2D eigenvalue weighted by molar-refractivity contribution is -0.149. The highest BCUT2D eigenvalue weighted by molar-refractivity contribution is 5.90. The molecule has 4 rings (SSSR count). The SMILES string of the molecule is Cc1noc(C)c1NC(=O)N1C[C@@H](O)COC[C@H]2O[C@@H](CC(=O)NCC3CC3)CC[C@@H]21. The van der Waals surface area contributed by atoms with Crippen molar-refractivity contribution in [1.29, 1.82) is 0 Å². The first-order chi connectivity index (χ1) is 14.9. The molecule has 3 fully saturated rings. The van der Waals surface area contributed by atoms with Gasteiger partial charge in [-0.2, -0.15) is 0 Å². The van der Waals surface area contributed by atoms with Crippen LogP contribution in [-0.2, 0) is 14.3 Å². The summed E-state index contributed by atoms with van der Waals surface area (Å²) in [6, 6.07) is -0.601. The molecule has 3 heterocycles. The molecule has 2 aliphatic heterocycles. The van der Waals surface area contributed by atoms with Crippen molar-refractivity contribution in [2.24, 2.45) is 5.92 Å². The predicted octanol–water partition coefficient (Wildman–Crippen LogP) is 1.35. The number of rotatable bonds is 5. The van der Waals surface area contributed by atoms with Gasteiger partial charge in [-0.3, -0.25) is 4.79 Å². The van der Waals surface area contributed by atoms with Crippen LogP contribution in [0.5, 0.6) is 0 Å². The molecule has 3 aliphatic rings. The van der Waals surface area contributed by atoms with Gasteiger partial charge in [0.05, 0.1) is 44.4 Å². The average Bonchev–Trinajstić information content (AvgIpc) is 3.51. The van der Waals surface area contributed by atoms with Gasteiger partial charge in [-0.1, -0.05) is 5.16 Å². The minimum atomic E-state index is -0.790. The summed E-state index contributed by atoms with van der Waals surface area (Å²) < 4.78 is 16.9. The Kier molecular flexibility index (Phi) is 6.78. The minimum Gasteiger partial charge on any atom is -0.389 e. The number of carbonyl (C=O) groups is 2. The molecule has 10 nitrogen and oxygen atoms in total. The Labute approximate surface area is 181 Å². The van der Waals surface area contributed by atoms with Crippen molar-refractivity contribution < 1.29 is 28.7 Å². The van der Waals surface area contributed by atoms with Crippen molar-refractivity contribution in [3.05, 3.63) is 11.5 Å². The number of ether oxygens (including phenoxy) is 2. The number of aliphatic hydroxyl groups excluding tert-OH is 1. The molecule has 1 aliphatic carbocycles. The molecule has 31 heavy (non-hydrogen) atoms. The molecule has 0 spiro atoms. The summed E-state index contributed by atoms with van der Waals surface area (Å²) in [6.07, 6.45) is 2.66. The first-order valence-corrected chi connectivity index (χ1v) is 11.1. The van der Waals surface area contributed by atoms with Crippen LogP contribution in [0.4, 0.5) is 10.5 Å². The van der Waals surface area contributed by atoms with Crippen molar-refractivity contribution in [1.82, 2.24) is 15.4 Å². The van der Waals surface area contributed by atoms with Crippen molar-refractivity contribution in [2.45, 2.75) is 70.3 Å². The largest absolute Gasteiger partial charge is 0.389 e. The van der Waals surface area contributed by atoms with Gasteiger partial charge in [0, 0.05) is 6.54 Å². The zero-order valence-electron chi connectivity index (χ0n) is 18.1. The molecule has 1 aromatic heterocycles. The lowest BCUT2D eigenvalue weighted by Gasteiger charge is -2.44. The van der Waals surface area contributed by atoms with Gasteiger partial charge in [-0.25, -0.2) is 4.79 Å². The third-order valence-corrected chi connectivity index (χ3v) is 6.21. The number of aryl methyl sites for hydroxylation is 2. The number of β-amino-alcohol motifs (C(OH)–C–C–N with tert-alkyl or cyclic N) is 1. The number of urea groups is 1. The molecular weight excluding hydrogens is 404 g/mol. The van der Waals surface area contributed by atoms with Crippen LogP contribution in [0.3, 0.4) is 0 Å². The molecule has 0 unspecified atom stereocenters. The van der Waals surface area contributed by atoms with Crippen LogP contribution in [0.25, 0.3) is 0 Å². The average molecular weight is 437 g/mol. The van der Waals surface area contributed by atoms with Gasteiger partial charge in [0.15, 0.2) is 5.76 Å². The van der Waals surface area contributed by atoms with Crippen LogP contribution in [0.2, 0.25) is 0 Å². The number of aliphatic hydroxyl groups is 1. The number of hydrogen-bond donors (Lipinski definition) is 3. The van der Waals surface area contributed by atoms with Crippen molar-refractivity contribution in [3.8, 4) is 0 Å². The number of nitrogens with zero attached hydrogens (tertiary/aromatic N) is 2. The molecule has 3 amide bonds. The Bertz CT molecular complexity index is 775. The summed E-state index contributed by atoms with van der Waals surface area (Å²) in [7, 11) is 0. The molecule has 2 saturated heterocycles. The van der Waals surface area contributed by atoms with E-state index in [4.69, 9.17) is 14.0 Å². The van der Waals surface area contributed by atoms with Crippen LogP contribution in [0.1, 0.15) is 43.6 Å². The fraction of sp³-hybridized carbons (Fsp3) is 0.762. The van der Waals surface area contributed by atoms with Gasteiger partial charge in [0.1, 0.15) is 17.5 Å². The van der Waals surface area contributed by atoms with E-state index >= 15 is 0 Å². The quantitative estimate of drug-likeness (QED) is 0.636. The van der Waals surface area contributed by atoms with E-state index in [0.29, 0.717) is 42.3 Å². The van der Waals surface area contributed by atoms with E-state index in [1.165, 1.54) is 12.8 Å². The van der Waals surface area contributed by atoms with Gasteiger partial charge < -0.3 is 34.6 Å². The van der Waals surface area contributed by atoms with E-state index < -0.39 is 6.10 Å². The lowest BCUT2D eigenvalue weighted by Crippen LogP contribution is -2.58. The molecule has 0 aromatic carbocycles. The van der Waals surface area contributed by atoms with Gasteiger partial charge in [0.25, 0.3) is 0 Å². The number of aromatic nitrogens is 1. The first-order valence-electron chi connectivity index (χ1n) is 11.1. The molecule has 172 valence electrons. The van der Waals surface area contributed by atoms with Crippen LogP contribution in [0, 0.1) is 19.8 Å². The highest BCUT2D eigenvalue weighted by Gasteiger charge is 2.40. The Hall–Kier alpha value is -2.17. The number of nitrogens with one attached hydrogen (secondary N) is 2. The van der Waals surface area contributed by atoms with E-state index in [0.717, 1.165) is 6.54 Å². The van der Waals surface area contributed by atoms with E-state index in [1.54, 1.807) is 18.7 Å². The number of fused-ring (bicyclic) bond motifs is 1. The zero-order valence-corrected chi connectivity index (χ0v) is 18.1. The highest BCUT2D eigenvalue weighted by Crippen LogP contribution is 2.30. The second-order valence-electron chi connectivity index (χ2n) is 8.87. The number of hydrogen-bond acceptors (Lipinski definition) is 7. The van der Waals surface area contributed by atoms with Crippen LogP contribution >= 0.6 is 0 Å². The molecule has 4 atom stereocenters. The van der Waals surface area contributed by atoms with Gasteiger partial charge in [0.2, 0.25) is 5.91 Å². The Balaban J connectivity index is 1.40. The molecule has 1 saturated carbocycles. The maximum atomic E-state index is 13.1. The second-order valence-corrected chi connectivity index (χ2v) is 8.87. The summed E-state index contributed by atoms with van der Waals surface area (Å²) >= 11 is 0. The van der Waals surface area contributed by atoms with Crippen LogP contribution in [0.15, 0.2) is 4.52 Å². The van der Waals surface area contributed by atoms with Gasteiger partial charge in [-0.15, -0.1) is 0 Å². The lowest BCUT2D eigenvalue weighted by atomic mass is 9.95. The summed E-state index contributed by atoms with van der Waals surface area (Å²) in [4.78, 5) is 27.0. The van der Waals surface area contributed by atoms with Gasteiger partial charge >= 0.3 is 6.03 Å². The van der Waals surface area contributed by atoms with E-state index in [-0.39, 0.29) is 49.9 Å². The van der Waals surface area contributed by atoms with Crippen molar-refractivity contribution in [2.75, 3.05) is 31.6 Å². The summed E-state index contributed by atoms with van der Waals surface area (Å²) in [5, 5.41) is 20.0. The Morgan fingerprint density at radius 3 is 2.71 bits per heavy atom. The third-order valence-electron chi connectivity index (χ3n) is 6.21. The van der Waals surface area contributed by atoms with E-state index in [9.17, 15) is 14.7 Å². The minimum absolute atomic E-state index is 0.00513. The summed E-state index contributed by atoms with van der Waals surface area (Å²) in [6.45, 7) is 4.75. The molecule has 0 bridgehead atoms. The summed E-state index contributed by atoms with van der Waals surface area (Å²) in [5.74, 6) is 1.16. The highest BCUT2D eigenvalue weighted by atomic mass is 16.5. The monoisotopic (exact) mass is 436 g/mol. The number of carbonyl (C=O) groups excluding carboxylic acids is 2. The smallest absolute Gasteiger partial charge is 0.322 e. The van der Waals surface area contributed by atoms with Gasteiger partial charge in [-0.05, 0) is 45.4 Å². The molecule has 3 N–H and O–H groups in total. The molecule has 10 heteroatoms. The standard InChI is InChI=1S/C21H32N4O6/c1-12-20(13(2)31-24-12)23-21(28)25-9-15(26)10-29-11-18-17(25)6-5-16(30-18)7-19(27)22-8-14-3-4-14/h14-18,26H,3-11H2,1-2H3,(H,22,27)(H,23,28)/t15-,16-,17+,18-/m1/s1. The Morgan fingerprint density at radius 1 is 1.19 bits per heavy atom. The topological polar surface area (TPSA) is 126 Å². The van der Waals surface area contributed by atoms with E-state index in [2.05, 4.69) is 15.8 Å². The second kappa shape index (κ2) is 9.54. The first kappa shape index (κ1) is 22.0. The molecule has 1 aromatic rings. The Morgan fingerprint density at radius 2 is 2.00 bits per heavy atom. The number of amides is 3. The fourth-order valence-electron chi connectivity index (χ4n) is 4.27. The fourth-order valence-corrected chi connectivity index (χ4v) is 4.27. The maximum Gasteiger partial charge on any atom is 0.322 e. The summed E-state index contributed by atoms with van der Waals surface area (Å²) in [5.41, 5.74) is 1.13.